The van der Waals surface area contributed by atoms with Crippen LogP contribution in [0.25, 0.3) is 22.3 Å². The van der Waals surface area contributed by atoms with E-state index < -0.39 is 11.9 Å². The minimum atomic E-state index is -0.750. The first-order valence-corrected chi connectivity index (χ1v) is 8.77. The van der Waals surface area contributed by atoms with Crippen LogP contribution in [0.15, 0.2) is 54.7 Å². The van der Waals surface area contributed by atoms with Crippen LogP contribution < -0.4 is 10.2 Å². The minimum Gasteiger partial charge on any atom is -0.406 e. The predicted molar refractivity (Wildman–Crippen MR) is 104 cm³/mol. The molecule has 29 heavy (non-hydrogen) atoms. The number of benzene rings is 2. The standard InChI is InChI=1S/C21H16F2N4O2/c1-12-8-15-10-17(23)6-7-18(15)27(12)26-21(28)29-19-11-24-20(25-13(19)2)14-4-3-5-16(22)9-14/h3-11H,1-2H3,(H,26,28). The number of carbonyl (C=O) groups is 1. The summed E-state index contributed by atoms with van der Waals surface area (Å²) < 4.78 is 33.6. The minimum absolute atomic E-state index is 0.169. The molecule has 1 amide bonds. The van der Waals surface area contributed by atoms with Crippen molar-refractivity contribution in [2.45, 2.75) is 13.8 Å². The molecule has 4 rings (SSSR count). The van der Waals surface area contributed by atoms with Crippen LogP contribution in [0.2, 0.25) is 0 Å². The van der Waals surface area contributed by atoms with Crippen LogP contribution in [-0.4, -0.2) is 20.7 Å². The van der Waals surface area contributed by atoms with Crippen LogP contribution in [0.1, 0.15) is 11.4 Å². The lowest BCUT2D eigenvalue weighted by atomic mass is 10.2. The van der Waals surface area contributed by atoms with Gasteiger partial charge in [0.25, 0.3) is 0 Å². The van der Waals surface area contributed by atoms with Gasteiger partial charge in [0.2, 0.25) is 0 Å². The van der Waals surface area contributed by atoms with Crippen molar-refractivity contribution in [3.05, 3.63) is 77.8 Å². The molecule has 0 bridgehead atoms. The highest BCUT2D eigenvalue weighted by Crippen LogP contribution is 2.22. The molecule has 2 aromatic heterocycles. The van der Waals surface area contributed by atoms with Crippen LogP contribution in [0.5, 0.6) is 5.75 Å². The highest BCUT2D eigenvalue weighted by atomic mass is 19.1. The van der Waals surface area contributed by atoms with Crippen molar-refractivity contribution in [3.8, 4) is 17.1 Å². The van der Waals surface area contributed by atoms with Gasteiger partial charge in [0, 0.05) is 16.6 Å². The van der Waals surface area contributed by atoms with Gasteiger partial charge in [0.1, 0.15) is 11.6 Å². The topological polar surface area (TPSA) is 69.0 Å². The third-order valence-electron chi connectivity index (χ3n) is 4.37. The van der Waals surface area contributed by atoms with Gasteiger partial charge < -0.3 is 4.74 Å². The molecule has 0 aliphatic rings. The lowest BCUT2D eigenvalue weighted by Crippen LogP contribution is -2.27. The zero-order valence-corrected chi connectivity index (χ0v) is 15.6. The SMILES string of the molecule is Cc1nc(-c2cccc(F)c2)ncc1OC(=O)Nn1c(C)cc2cc(F)ccc21. The number of aromatic nitrogens is 3. The number of aryl methyl sites for hydroxylation is 2. The molecule has 1 N–H and O–H groups in total. The number of halogens is 2. The Morgan fingerprint density at radius 1 is 1.07 bits per heavy atom. The van der Waals surface area contributed by atoms with Gasteiger partial charge in [-0.2, -0.15) is 0 Å². The Balaban J connectivity index is 1.54. The summed E-state index contributed by atoms with van der Waals surface area (Å²) in [4.78, 5) is 20.8. The molecule has 0 atom stereocenters. The Bertz CT molecular complexity index is 1240. The molecule has 0 aliphatic heterocycles. The molecule has 4 aromatic rings. The first-order valence-electron chi connectivity index (χ1n) is 8.77. The Hall–Kier alpha value is -3.81. The second-order valence-corrected chi connectivity index (χ2v) is 6.48. The maximum atomic E-state index is 13.4. The van der Waals surface area contributed by atoms with E-state index in [9.17, 15) is 13.6 Å². The van der Waals surface area contributed by atoms with Gasteiger partial charge in [-0.05, 0) is 50.2 Å². The quantitative estimate of drug-likeness (QED) is 0.545. The fourth-order valence-corrected chi connectivity index (χ4v) is 3.01. The van der Waals surface area contributed by atoms with E-state index in [0.29, 0.717) is 33.7 Å². The Labute approximate surface area is 164 Å². The average molecular weight is 394 g/mol. The van der Waals surface area contributed by atoms with E-state index in [2.05, 4.69) is 15.4 Å². The second kappa shape index (κ2) is 7.31. The fraction of sp³-hybridized carbons (Fsp3) is 0.0952. The number of rotatable bonds is 3. The van der Waals surface area contributed by atoms with E-state index in [0.717, 1.165) is 0 Å². The third-order valence-corrected chi connectivity index (χ3v) is 4.37. The van der Waals surface area contributed by atoms with Crippen LogP contribution in [0.3, 0.4) is 0 Å². The molecular formula is C21H16F2N4O2. The molecule has 0 fully saturated rings. The molecule has 0 unspecified atom stereocenters. The van der Waals surface area contributed by atoms with Crippen molar-refractivity contribution in [2.24, 2.45) is 0 Å². The van der Waals surface area contributed by atoms with Gasteiger partial charge in [0.05, 0.1) is 17.4 Å². The van der Waals surface area contributed by atoms with Gasteiger partial charge in [0.15, 0.2) is 11.6 Å². The Morgan fingerprint density at radius 3 is 2.62 bits per heavy atom. The Kier molecular flexibility index (Phi) is 4.67. The van der Waals surface area contributed by atoms with Crippen LogP contribution in [-0.2, 0) is 0 Å². The molecule has 0 spiro atoms. The summed E-state index contributed by atoms with van der Waals surface area (Å²) in [6, 6.07) is 11.9. The van der Waals surface area contributed by atoms with Gasteiger partial charge >= 0.3 is 6.09 Å². The number of ether oxygens (including phenoxy) is 1. The van der Waals surface area contributed by atoms with Crippen LogP contribution in [0.4, 0.5) is 13.6 Å². The first-order chi connectivity index (χ1) is 13.9. The molecule has 0 saturated heterocycles. The highest BCUT2D eigenvalue weighted by Gasteiger charge is 2.14. The van der Waals surface area contributed by atoms with Crippen molar-refractivity contribution in [3.63, 3.8) is 0 Å². The number of hydrogen-bond donors (Lipinski definition) is 1. The van der Waals surface area contributed by atoms with E-state index in [4.69, 9.17) is 4.74 Å². The summed E-state index contributed by atoms with van der Waals surface area (Å²) in [5, 5.41) is 0.654. The number of carbonyl (C=O) groups excluding carboxylic acids is 1. The van der Waals surface area contributed by atoms with Crippen molar-refractivity contribution < 1.29 is 18.3 Å². The zero-order chi connectivity index (χ0) is 20.5. The lowest BCUT2D eigenvalue weighted by molar-refractivity contribution is 0.211. The van der Waals surface area contributed by atoms with Gasteiger partial charge in [-0.15, -0.1) is 0 Å². The number of fused-ring (bicyclic) bond motifs is 1. The lowest BCUT2D eigenvalue weighted by Gasteiger charge is -2.12. The summed E-state index contributed by atoms with van der Waals surface area (Å²) in [5.41, 5.74) is 4.89. The zero-order valence-electron chi connectivity index (χ0n) is 15.6. The Morgan fingerprint density at radius 2 is 1.86 bits per heavy atom. The number of nitrogens with zero attached hydrogens (tertiary/aromatic N) is 3. The maximum absolute atomic E-state index is 13.4. The number of amides is 1. The summed E-state index contributed by atoms with van der Waals surface area (Å²) in [6.07, 6.45) is 0.609. The summed E-state index contributed by atoms with van der Waals surface area (Å²) >= 11 is 0. The maximum Gasteiger partial charge on any atom is 0.432 e. The summed E-state index contributed by atoms with van der Waals surface area (Å²) in [5.74, 6) is -0.257. The van der Waals surface area contributed by atoms with Crippen LogP contribution in [0, 0.1) is 25.5 Å². The molecule has 8 heteroatoms. The summed E-state index contributed by atoms with van der Waals surface area (Å²) in [7, 11) is 0. The van der Waals surface area contributed by atoms with E-state index >= 15 is 0 Å². The van der Waals surface area contributed by atoms with E-state index in [1.165, 1.54) is 35.1 Å². The predicted octanol–water partition coefficient (Wildman–Crippen LogP) is 4.74. The van der Waals surface area contributed by atoms with Crippen molar-refractivity contribution >= 4 is 17.0 Å². The van der Waals surface area contributed by atoms with Crippen molar-refractivity contribution in [1.29, 1.82) is 0 Å². The third kappa shape index (κ3) is 3.77. The normalized spacial score (nSPS) is 10.9. The van der Waals surface area contributed by atoms with Crippen molar-refractivity contribution in [2.75, 3.05) is 5.43 Å². The molecule has 2 heterocycles. The fourth-order valence-electron chi connectivity index (χ4n) is 3.01. The highest BCUT2D eigenvalue weighted by molar-refractivity contribution is 5.86. The second-order valence-electron chi connectivity index (χ2n) is 6.48. The van der Waals surface area contributed by atoms with Gasteiger partial charge in [-0.3, -0.25) is 4.68 Å². The monoisotopic (exact) mass is 394 g/mol. The number of nitrogens with one attached hydrogen (secondary N) is 1. The van der Waals surface area contributed by atoms with E-state index in [-0.39, 0.29) is 11.6 Å². The van der Waals surface area contributed by atoms with Crippen LogP contribution >= 0.6 is 0 Å². The molecule has 6 nitrogen and oxygen atoms in total. The average Bonchev–Trinajstić information content (AvgIpc) is 2.97. The number of hydrogen-bond acceptors (Lipinski definition) is 4. The largest absolute Gasteiger partial charge is 0.432 e. The molecule has 0 saturated carbocycles. The molecule has 2 aromatic carbocycles. The van der Waals surface area contributed by atoms with Crippen molar-refractivity contribution in [1.82, 2.24) is 14.6 Å². The molecular weight excluding hydrogens is 378 g/mol. The van der Waals surface area contributed by atoms with E-state index in [1.54, 1.807) is 38.1 Å². The van der Waals surface area contributed by atoms with Gasteiger partial charge in [-0.1, -0.05) is 12.1 Å². The molecule has 0 aliphatic carbocycles. The first kappa shape index (κ1) is 18.5. The molecule has 0 radical (unpaired) electrons. The van der Waals surface area contributed by atoms with Gasteiger partial charge in [-0.25, -0.2) is 29.0 Å². The summed E-state index contributed by atoms with van der Waals surface area (Å²) in [6.45, 7) is 3.44. The van der Waals surface area contributed by atoms with E-state index in [1.807, 2.05) is 0 Å². The molecule has 146 valence electrons. The smallest absolute Gasteiger partial charge is 0.406 e.